The number of hydrogen-bond donors (Lipinski definition) is 1. The number of nitrogens with two attached hydrogens (primary N) is 1. The van der Waals surface area contributed by atoms with Crippen LogP contribution in [0.25, 0.3) is 0 Å². The van der Waals surface area contributed by atoms with Crippen LogP contribution in [0.15, 0.2) is 48.5 Å². The average Bonchev–Trinajstić information content (AvgIpc) is 2.39. The number of ketones is 1. The van der Waals surface area contributed by atoms with Gasteiger partial charge >= 0.3 is 0 Å². The van der Waals surface area contributed by atoms with Crippen LogP contribution in [0, 0.1) is 0 Å². The zero-order valence-corrected chi connectivity index (χ0v) is 10.9. The SMILES string of the molecule is CCOc1ccccc1C(=O)Cc1cccc(N)c1. The quantitative estimate of drug-likeness (QED) is 0.659. The van der Waals surface area contributed by atoms with Gasteiger partial charge in [0.25, 0.3) is 0 Å². The Morgan fingerprint density at radius 3 is 2.68 bits per heavy atom. The Labute approximate surface area is 113 Å². The monoisotopic (exact) mass is 255 g/mol. The van der Waals surface area contributed by atoms with Crippen molar-refractivity contribution in [2.75, 3.05) is 12.3 Å². The number of ether oxygens (including phenoxy) is 1. The summed E-state index contributed by atoms with van der Waals surface area (Å²) in [4.78, 5) is 12.3. The van der Waals surface area contributed by atoms with Crippen molar-refractivity contribution >= 4 is 11.5 Å². The summed E-state index contributed by atoms with van der Waals surface area (Å²) in [6.07, 6.45) is 0.328. The van der Waals surface area contributed by atoms with Crippen LogP contribution < -0.4 is 10.5 Å². The molecule has 0 aromatic heterocycles. The Morgan fingerprint density at radius 1 is 1.16 bits per heavy atom. The van der Waals surface area contributed by atoms with Gasteiger partial charge in [0.1, 0.15) is 5.75 Å². The number of anilines is 1. The summed E-state index contributed by atoms with van der Waals surface area (Å²) in [5.41, 5.74) is 7.92. The van der Waals surface area contributed by atoms with Crippen molar-refractivity contribution in [3.05, 3.63) is 59.7 Å². The molecule has 0 atom stereocenters. The number of hydrogen-bond acceptors (Lipinski definition) is 3. The van der Waals surface area contributed by atoms with Crippen LogP contribution in [0.2, 0.25) is 0 Å². The molecule has 0 aliphatic rings. The van der Waals surface area contributed by atoms with Gasteiger partial charge in [0.15, 0.2) is 5.78 Å². The summed E-state index contributed by atoms with van der Waals surface area (Å²) in [5, 5.41) is 0. The third-order valence-corrected chi connectivity index (χ3v) is 2.80. The summed E-state index contributed by atoms with van der Waals surface area (Å²) >= 11 is 0. The van der Waals surface area contributed by atoms with Gasteiger partial charge in [-0.15, -0.1) is 0 Å². The fourth-order valence-electron chi connectivity index (χ4n) is 1.96. The Morgan fingerprint density at radius 2 is 1.95 bits per heavy atom. The third kappa shape index (κ3) is 3.35. The van der Waals surface area contributed by atoms with Gasteiger partial charge in [-0.25, -0.2) is 0 Å². The van der Waals surface area contributed by atoms with Crippen LogP contribution in [0.3, 0.4) is 0 Å². The van der Waals surface area contributed by atoms with Gasteiger partial charge in [-0.1, -0.05) is 24.3 Å². The molecule has 19 heavy (non-hydrogen) atoms. The van der Waals surface area contributed by atoms with E-state index in [2.05, 4.69) is 0 Å². The van der Waals surface area contributed by atoms with Gasteiger partial charge in [-0.3, -0.25) is 4.79 Å². The topological polar surface area (TPSA) is 52.3 Å². The maximum absolute atomic E-state index is 12.3. The molecule has 0 amide bonds. The average molecular weight is 255 g/mol. The molecule has 0 saturated heterocycles. The predicted octanol–water partition coefficient (Wildman–Crippen LogP) is 3.09. The number of para-hydroxylation sites is 1. The molecule has 2 N–H and O–H groups in total. The van der Waals surface area contributed by atoms with Gasteiger partial charge in [0, 0.05) is 12.1 Å². The van der Waals surface area contributed by atoms with Crippen molar-refractivity contribution in [3.63, 3.8) is 0 Å². The second kappa shape index (κ2) is 6.05. The van der Waals surface area contributed by atoms with Crippen LogP contribution in [0.4, 0.5) is 5.69 Å². The number of Topliss-reactive ketones (excluding diaryl/α,β-unsaturated/α-hetero) is 1. The molecule has 0 heterocycles. The molecule has 2 aromatic rings. The van der Waals surface area contributed by atoms with E-state index in [1.807, 2.05) is 49.4 Å². The highest BCUT2D eigenvalue weighted by molar-refractivity contribution is 6.00. The molecule has 0 aliphatic heterocycles. The highest BCUT2D eigenvalue weighted by atomic mass is 16.5. The molecule has 2 rings (SSSR count). The van der Waals surface area contributed by atoms with Gasteiger partial charge < -0.3 is 10.5 Å². The first kappa shape index (κ1) is 13.1. The van der Waals surface area contributed by atoms with E-state index in [4.69, 9.17) is 10.5 Å². The fraction of sp³-hybridized carbons (Fsp3) is 0.188. The number of carbonyl (C=O) groups is 1. The van der Waals surface area contributed by atoms with E-state index in [0.29, 0.717) is 30.0 Å². The van der Waals surface area contributed by atoms with Crippen LogP contribution in [0.1, 0.15) is 22.8 Å². The summed E-state index contributed by atoms with van der Waals surface area (Å²) in [5.74, 6) is 0.675. The predicted molar refractivity (Wildman–Crippen MR) is 76.5 cm³/mol. The van der Waals surface area contributed by atoms with E-state index in [1.54, 1.807) is 6.07 Å². The van der Waals surface area contributed by atoms with E-state index >= 15 is 0 Å². The molecule has 2 aromatic carbocycles. The highest BCUT2D eigenvalue weighted by Crippen LogP contribution is 2.20. The van der Waals surface area contributed by atoms with E-state index in [1.165, 1.54) is 0 Å². The van der Waals surface area contributed by atoms with Gasteiger partial charge in [-0.2, -0.15) is 0 Å². The molecule has 3 nitrogen and oxygen atoms in total. The lowest BCUT2D eigenvalue weighted by Crippen LogP contribution is -2.07. The third-order valence-electron chi connectivity index (χ3n) is 2.80. The van der Waals surface area contributed by atoms with Gasteiger partial charge in [-0.05, 0) is 36.8 Å². The minimum atomic E-state index is 0.0367. The van der Waals surface area contributed by atoms with Crippen LogP contribution >= 0.6 is 0 Å². The molecular weight excluding hydrogens is 238 g/mol. The minimum absolute atomic E-state index is 0.0367. The summed E-state index contributed by atoms with van der Waals surface area (Å²) in [6.45, 7) is 2.45. The Kier molecular flexibility index (Phi) is 4.18. The van der Waals surface area contributed by atoms with E-state index in [9.17, 15) is 4.79 Å². The second-order valence-electron chi connectivity index (χ2n) is 4.27. The van der Waals surface area contributed by atoms with Crippen molar-refractivity contribution in [3.8, 4) is 5.75 Å². The molecule has 3 heteroatoms. The summed E-state index contributed by atoms with van der Waals surface area (Å²) < 4.78 is 5.47. The van der Waals surface area contributed by atoms with Crippen molar-refractivity contribution in [2.45, 2.75) is 13.3 Å². The lowest BCUT2D eigenvalue weighted by molar-refractivity contribution is 0.0989. The van der Waals surface area contributed by atoms with E-state index in [-0.39, 0.29) is 5.78 Å². The molecule has 0 unspecified atom stereocenters. The molecule has 0 radical (unpaired) electrons. The van der Waals surface area contributed by atoms with Crippen LogP contribution in [-0.2, 0) is 6.42 Å². The van der Waals surface area contributed by atoms with Crippen molar-refractivity contribution in [1.29, 1.82) is 0 Å². The molecule has 0 aliphatic carbocycles. The number of benzene rings is 2. The molecule has 0 bridgehead atoms. The normalized spacial score (nSPS) is 10.2. The zero-order chi connectivity index (χ0) is 13.7. The number of carbonyl (C=O) groups excluding carboxylic acids is 1. The Hall–Kier alpha value is -2.29. The number of rotatable bonds is 5. The molecule has 98 valence electrons. The van der Waals surface area contributed by atoms with Crippen LogP contribution in [-0.4, -0.2) is 12.4 Å². The summed E-state index contributed by atoms with van der Waals surface area (Å²) in [7, 11) is 0. The first-order valence-corrected chi connectivity index (χ1v) is 6.30. The van der Waals surface area contributed by atoms with E-state index < -0.39 is 0 Å². The smallest absolute Gasteiger partial charge is 0.170 e. The van der Waals surface area contributed by atoms with Gasteiger partial charge in [0.2, 0.25) is 0 Å². The largest absolute Gasteiger partial charge is 0.493 e. The molecule has 0 spiro atoms. The molecular formula is C16H17NO2. The van der Waals surface area contributed by atoms with Crippen LogP contribution in [0.5, 0.6) is 5.75 Å². The van der Waals surface area contributed by atoms with Crippen molar-refractivity contribution in [1.82, 2.24) is 0 Å². The maximum Gasteiger partial charge on any atom is 0.170 e. The minimum Gasteiger partial charge on any atom is -0.493 e. The van der Waals surface area contributed by atoms with Crippen molar-refractivity contribution < 1.29 is 9.53 Å². The lowest BCUT2D eigenvalue weighted by Gasteiger charge is -2.09. The maximum atomic E-state index is 12.3. The Balaban J connectivity index is 2.20. The fourth-order valence-corrected chi connectivity index (χ4v) is 1.96. The first-order valence-electron chi connectivity index (χ1n) is 6.30. The highest BCUT2D eigenvalue weighted by Gasteiger charge is 2.12. The molecule has 0 saturated carbocycles. The van der Waals surface area contributed by atoms with E-state index in [0.717, 1.165) is 5.56 Å². The lowest BCUT2D eigenvalue weighted by atomic mass is 10.0. The number of nitrogen functional groups attached to an aromatic ring is 1. The standard InChI is InChI=1S/C16H17NO2/c1-2-19-16-9-4-3-8-14(16)15(18)11-12-6-5-7-13(17)10-12/h3-10H,2,11,17H2,1H3. The molecule has 0 fully saturated rings. The zero-order valence-electron chi connectivity index (χ0n) is 10.9. The Bertz CT molecular complexity index is 578. The first-order chi connectivity index (χ1) is 9.20. The second-order valence-corrected chi connectivity index (χ2v) is 4.27. The van der Waals surface area contributed by atoms with Gasteiger partial charge in [0.05, 0.1) is 12.2 Å². The summed E-state index contributed by atoms with van der Waals surface area (Å²) in [6, 6.07) is 14.7. The van der Waals surface area contributed by atoms with Crippen molar-refractivity contribution in [2.24, 2.45) is 0 Å².